The van der Waals surface area contributed by atoms with Gasteiger partial charge in [0.2, 0.25) is 5.91 Å². The first kappa shape index (κ1) is 9.50. The van der Waals surface area contributed by atoms with E-state index in [4.69, 9.17) is 5.11 Å². The average molecular weight is 186 g/mol. The highest BCUT2D eigenvalue weighted by Gasteiger charge is 2.23. The van der Waals surface area contributed by atoms with Gasteiger partial charge in [-0.3, -0.25) is 9.59 Å². The Balaban J connectivity index is 2.56. The third-order valence-electron chi connectivity index (χ3n) is 1.78. The fourth-order valence-electron chi connectivity index (χ4n) is 1.11. The van der Waals surface area contributed by atoms with Crippen molar-refractivity contribution in [2.24, 2.45) is 0 Å². The van der Waals surface area contributed by atoms with E-state index in [1.54, 1.807) is 0 Å². The molecule has 0 aromatic carbocycles. The van der Waals surface area contributed by atoms with Crippen molar-refractivity contribution in [1.82, 2.24) is 10.2 Å². The summed E-state index contributed by atoms with van der Waals surface area (Å²) >= 11 is 0. The molecule has 0 saturated carbocycles. The van der Waals surface area contributed by atoms with Gasteiger partial charge in [0, 0.05) is 26.1 Å². The molecular weight excluding hydrogens is 176 g/mol. The number of carbonyl (C=O) groups is 3. The van der Waals surface area contributed by atoms with E-state index in [2.05, 4.69) is 5.32 Å². The van der Waals surface area contributed by atoms with Gasteiger partial charge in [-0.2, -0.15) is 0 Å². The number of carboxylic acids is 1. The smallest absolute Gasteiger partial charge is 0.394 e. The summed E-state index contributed by atoms with van der Waals surface area (Å²) in [5.41, 5.74) is 0. The zero-order chi connectivity index (χ0) is 9.84. The van der Waals surface area contributed by atoms with Crippen molar-refractivity contribution in [3.8, 4) is 0 Å². The van der Waals surface area contributed by atoms with Gasteiger partial charge < -0.3 is 15.3 Å². The van der Waals surface area contributed by atoms with Gasteiger partial charge in [0.15, 0.2) is 0 Å². The number of aliphatic carboxylic acids is 1. The van der Waals surface area contributed by atoms with E-state index in [0.29, 0.717) is 6.54 Å². The van der Waals surface area contributed by atoms with Gasteiger partial charge in [0.1, 0.15) is 0 Å². The summed E-state index contributed by atoms with van der Waals surface area (Å²) in [4.78, 5) is 33.2. The zero-order valence-corrected chi connectivity index (χ0v) is 6.95. The summed E-state index contributed by atoms with van der Waals surface area (Å²) in [6, 6.07) is 0. The molecule has 0 spiro atoms. The van der Waals surface area contributed by atoms with Crippen LogP contribution in [0.5, 0.6) is 0 Å². The molecule has 72 valence electrons. The number of amides is 2. The van der Waals surface area contributed by atoms with Crippen molar-refractivity contribution in [2.75, 3.05) is 19.6 Å². The Hall–Kier alpha value is -1.59. The number of hydrogen-bond donors (Lipinski definition) is 2. The Labute approximate surface area is 74.5 Å². The van der Waals surface area contributed by atoms with Crippen molar-refractivity contribution in [2.45, 2.75) is 6.42 Å². The quantitative estimate of drug-likeness (QED) is 0.447. The highest BCUT2D eigenvalue weighted by Crippen LogP contribution is 1.96. The summed E-state index contributed by atoms with van der Waals surface area (Å²) in [6.07, 6.45) is 0.166. The van der Waals surface area contributed by atoms with Crippen molar-refractivity contribution >= 4 is 17.8 Å². The highest BCUT2D eigenvalue weighted by molar-refractivity contribution is 6.31. The van der Waals surface area contributed by atoms with Crippen LogP contribution in [0.15, 0.2) is 0 Å². The standard InChI is InChI=1S/C7H10N2O4/c10-5-1-3-9(4-2-8-5)6(11)7(12)13/h1-4H2,(H,8,10)(H,12,13). The van der Waals surface area contributed by atoms with Crippen LogP contribution in [-0.2, 0) is 14.4 Å². The Bertz CT molecular complexity index is 251. The predicted molar refractivity (Wildman–Crippen MR) is 41.8 cm³/mol. The molecule has 0 aromatic rings. The molecule has 1 saturated heterocycles. The van der Waals surface area contributed by atoms with E-state index in [-0.39, 0.29) is 25.4 Å². The molecule has 2 N–H and O–H groups in total. The van der Waals surface area contributed by atoms with Crippen LogP contribution >= 0.6 is 0 Å². The van der Waals surface area contributed by atoms with Crippen LogP contribution in [0, 0.1) is 0 Å². The number of carboxylic acid groups (broad SMARTS) is 1. The number of nitrogens with zero attached hydrogens (tertiary/aromatic N) is 1. The molecule has 0 bridgehead atoms. The molecule has 1 aliphatic heterocycles. The van der Waals surface area contributed by atoms with E-state index in [9.17, 15) is 14.4 Å². The second-order valence-corrected chi connectivity index (χ2v) is 2.70. The van der Waals surface area contributed by atoms with Crippen molar-refractivity contribution < 1.29 is 19.5 Å². The Morgan fingerprint density at radius 1 is 1.38 bits per heavy atom. The summed E-state index contributed by atoms with van der Waals surface area (Å²) in [7, 11) is 0. The molecule has 0 radical (unpaired) electrons. The van der Waals surface area contributed by atoms with Crippen molar-refractivity contribution in [3.05, 3.63) is 0 Å². The fraction of sp³-hybridized carbons (Fsp3) is 0.571. The average Bonchev–Trinajstić information content (AvgIpc) is 2.28. The predicted octanol–water partition coefficient (Wildman–Crippen LogP) is -1.58. The summed E-state index contributed by atoms with van der Waals surface area (Å²) in [6.45, 7) is 0.756. The van der Waals surface area contributed by atoms with E-state index >= 15 is 0 Å². The lowest BCUT2D eigenvalue weighted by molar-refractivity contribution is -0.155. The Morgan fingerprint density at radius 2 is 2.08 bits per heavy atom. The number of carbonyl (C=O) groups excluding carboxylic acids is 2. The first-order valence-electron chi connectivity index (χ1n) is 3.90. The summed E-state index contributed by atoms with van der Waals surface area (Å²) in [5, 5.41) is 10.9. The van der Waals surface area contributed by atoms with Crippen LogP contribution in [0.4, 0.5) is 0 Å². The minimum atomic E-state index is -1.48. The number of rotatable bonds is 0. The van der Waals surface area contributed by atoms with Gasteiger partial charge >= 0.3 is 11.9 Å². The van der Waals surface area contributed by atoms with Crippen LogP contribution in [0.25, 0.3) is 0 Å². The lowest BCUT2D eigenvalue weighted by atomic mass is 10.3. The molecule has 1 rings (SSSR count). The van der Waals surface area contributed by atoms with E-state index in [0.717, 1.165) is 4.90 Å². The van der Waals surface area contributed by atoms with Crippen molar-refractivity contribution in [1.29, 1.82) is 0 Å². The van der Waals surface area contributed by atoms with Crippen LogP contribution in [0.1, 0.15) is 6.42 Å². The maximum absolute atomic E-state index is 10.9. The first-order chi connectivity index (χ1) is 6.11. The molecule has 13 heavy (non-hydrogen) atoms. The SMILES string of the molecule is O=C1CCN(C(=O)C(=O)O)CCN1. The fourth-order valence-corrected chi connectivity index (χ4v) is 1.11. The van der Waals surface area contributed by atoms with E-state index in [1.165, 1.54) is 0 Å². The van der Waals surface area contributed by atoms with Gasteiger partial charge in [-0.15, -0.1) is 0 Å². The molecule has 0 aliphatic carbocycles. The monoisotopic (exact) mass is 186 g/mol. The maximum Gasteiger partial charge on any atom is 0.394 e. The molecular formula is C7H10N2O4. The van der Waals surface area contributed by atoms with Gasteiger partial charge in [-0.05, 0) is 0 Å². The molecule has 6 nitrogen and oxygen atoms in total. The van der Waals surface area contributed by atoms with E-state index in [1.807, 2.05) is 0 Å². The summed E-state index contributed by atoms with van der Waals surface area (Å²) < 4.78 is 0. The minimum absolute atomic E-state index is 0.152. The summed E-state index contributed by atoms with van der Waals surface area (Å²) in [5.74, 6) is -2.58. The van der Waals surface area contributed by atoms with E-state index < -0.39 is 11.9 Å². The molecule has 1 fully saturated rings. The first-order valence-corrected chi connectivity index (χ1v) is 3.90. The second kappa shape index (κ2) is 3.88. The highest BCUT2D eigenvalue weighted by atomic mass is 16.4. The maximum atomic E-state index is 10.9. The van der Waals surface area contributed by atoms with Crippen LogP contribution in [-0.4, -0.2) is 47.4 Å². The van der Waals surface area contributed by atoms with Gasteiger partial charge in [0.25, 0.3) is 0 Å². The van der Waals surface area contributed by atoms with Crippen LogP contribution < -0.4 is 5.32 Å². The Kier molecular flexibility index (Phi) is 2.84. The largest absolute Gasteiger partial charge is 0.474 e. The minimum Gasteiger partial charge on any atom is -0.474 e. The molecule has 2 amide bonds. The van der Waals surface area contributed by atoms with Gasteiger partial charge in [-0.1, -0.05) is 0 Å². The zero-order valence-electron chi connectivity index (χ0n) is 6.95. The lowest BCUT2D eigenvalue weighted by Crippen LogP contribution is -2.38. The third-order valence-corrected chi connectivity index (χ3v) is 1.78. The van der Waals surface area contributed by atoms with Gasteiger partial charge in [0.05, 0.1) is 0 Å². The molecule has 0 aromatic heterocycles. The van der Waals surface area contributed by atoms with Crippen molar-refractivity contribution in [3.63, 3.8) is 0 Å². The van der Waals surface area contributed by atoms with Crippen LogP contribution in [0.3, 0.4) is 0 Å². The topological polar surface area (TPSA) is 86.7 Å². The van der Waals surface area contributed by atoms with Crippen LogP contribution in [0.2, 0.25) is 0 Å². The molecule has 0 atom stereocenters. The Morgan fingerprint density at radius 3 is 2.69 bits per heavy atom. The normalized spacial score (nSPS) is 17.5. The molecule has 6 heteroatoms. The number of nitrogens with one attached hydrogen (secondary N) is 1. The third kappa shape index (κ3) is 2.43. The second-order valence-electron chi connectivity index (χ2n) is 2.70. The number of hydrogen-bond acceptors (Lipinski definition) is 3. The van der Waals surface area contributed by atoms with Gasteiger partial charge in [-0.25, -0.2) is 4.79 Å². The molecule has 1 aliphatic rings. The lowest BCUT2D eigenvalue weighted by Gasteiger charge is -2.15. The molecule has 0 unspecified atom stereocenters. The molecule has 1 heterocycles.